The fourth-order valence-corrected chi connectivity index (χ4v) is 3.71. The third-order valence-electron chi connectivity index (χ3n) is 5.82. The van der Waals surface area contributed by atoms with Crippen molar-refractivity contribution in [1.82, 2.24) is 4.90 Å². The lowest BCUT2D eigenvalue weighted by Gasteiger charge is -2.24. The molecule has 194 valence electrons. The number of aliphatic carboxylic acids is 1. The summed E-state index contributed by atoms with van der Waals surface area (Å²) in [5, 5.41) is 8.96. The Morgan fingerprint density at radius 3 is 2.11 bits per heavy atom. The van der Waals surface area contributed by atoms with Crippen LogP contribution in [0.4, 0.5) is 11.4 Å². The van der Waals surface area contributed by atoms with E-state index in [1.54, 1.807) is 17.0 Å². The summed E-state index contributed by atoms with van der Waals surface area (Å²) in [5.74, 6) is -1.19. The molecule has 0 aromatic heterocycles. The van der Waals surface area contributed by atoms with Crippen LogP contribution in [0.2, 0.25) is 0 Å². The van der Waals surface area contributed by atoms with E-state index >= 15 is 0 Å². The monoisotopic (exact) mass is 501 g/mol. The number of hydrogen-bond acceptors (Lipinski definition) is 5. The van der Waals surface area contributed by atoms with Crippen LogP contribution in [0.1, 0.15) is 11.1 Å². The van der Waals surface area contributed by atoms with Gasteiger partial charge in [-0.05, 0) is 66.7 Å². The zero-order valence-electron chi connectivity index (χ0n) is 21.9. The van der Waals surface area contributed by atoms with Gasteiger partial charge in [-0.2, -0.15) is 0 Å². The highest BCUT2D eigenvalue weighted by Gasteiger charge is 2.17. The van der Waals surface area contributed by atoms with Gasteiger partial charge in [-0.15, -0.1) is 0 Å². The number of nitrogens with zero attached hydrogens (tertiary/aromatic N) is 3. The molecule has 0 aliphatic heterocycles. The van der Waals surface area contributed by atoms with Crippen LogP contribution in [0.15, 0.2) is 78.9 Å². The molecule has 3 aromatic rings. The Morgan fingerprint density at radius 2 is 1.51 bits per heavy atom. The number of hydrogen-bond donors (Lipinski definition) is 1. The second-order valence-corrected chi connectivity index (χ2v) is 9.24. The van der Waals surface area contributed by atoms with Gasteiger partial charge in [-0.1, -0.05) is 48.5 Å². The van der Waals surface area contributed by atoms with Crippen LogP contribution < -0.4 is 9.80 Å². The maximum atomic E-state index is 13.2. The summed E-state index contributed by atoms with van der Waals surface area (Å²) in [6.45, 7) is 1.50. The molecule has 0 atom stereocenters. The first-order valence-corrected chi connectivity index (χ1v) is 12.1. The highest BCUT2D eigenvalue weighted by molar-refractivity contribution is 5.94. The van der Waals surface area contributed by atoms with Crippen LogP contribution in [0.25, 0.3) is 17.2 Å². The quantitative estimate of drug-likeness (QED) is 0.288. The molecule has 7 heteroatoms. The second kappa shape index (κ2) is 13.4. The summed E-state index contributed by atoms with van der Waals surface area (Å²) in [7, 11) is 7.94. The van der Waals surface area contributed by atoms with E-state index in [0.29, 0.717) is 24.4 Å². The first-order chi connectivity index (χ1) is 17.7. The van der Waals surface area contributed by atoms with Gasteiger partial charge in [0.15, 0.2) is 0 Å². The van der Waals surface area contributed by atoms with Crippen molar-refractivity contribution in [2.45, 2.75) is 6.54 Å². The predicted molar refractivity (Wildman–Crippen MR) is 150 cm³/mol. The van der Waals surface area contributed by atoms with Crippen molar-refractivity contribution < 1.29 is 19.4 Å². The average molecular weight is 502 g/mol. The molecule has 0 saturated carbocycles. The molecule has 37 heavy (non-hydrogen) atoms. The molecular weight excluding hydrogens is 466 g/mol. The Bertz CT molecular complexity index is 1200. The molecule has 0 aliphatic carbocycles. The van der Waals surface area contributed by atoms with E-state index < -0.39 is 5.97 Å². The average Bonchev–Trinajstić information content (AvgIpc) is 2.89. The summed E-state index contributed by atoms with van der Waals surface area (Å²) < 4.78 is 5.63. The molecule has 0 saturated heterocycles. The van der Waals surface area contributed by atoms with Crippen molar-refractivity contribution in [2.75, 3.05) is 57.7 Å². The van der Waals surface area contributed by atoms with E-state index in [0.717, 1.165) is 35.0 Å². The predicted octanol–water partition coefficient (Wildman–Crippen LogP) is 4.63. The fourth-order valence-electron chi connectivity index (χ4n) is 3.71. The van der Waals surface area contributed by atoms with Crippen molar-refractivity contribution in [3.63, 3.8) is 0 Å². The van der Waals surface area contributed by atoms with Crippen LogP contribution in [0.3, 0.4) is 0 Å². The SMILES string of the molecule is CN(C)CCOCC(=O)N(Cc1ccc(-c2ccc(N(C)C)cc2)cc1)c1cccc(/C=C/C(=O)O)c1. The summed E-state index contributed by atoms with van der Waals surface area (Å²) >= 11 is 0. The minimum Gasteiger partial charge on any atom is -0.478 e. The Balaban J connectivity index is 1.80. The van der Waals surface area contributed by atoms with Gasteiger partial charge >= 0.3 is 5.97 Å². The first-order valence-electron chi connectivity index (χ1n) is 12.1. The largest absolute Gasteiger partial charge is 0.478 e. The number of benzene rings is 3. The van der Waals surface area contributed by atoms with Gasteiger partial charge in [0.25, 0.3) is 5.91 Å². The molecule has 3 rings (SSSR count). The Morgan fingerprint density at radius 1 is 0.865 bits per heavy atom. The Hall–Kier alpha value is -3.94. The summed E-state index contributed by atoms with van der Waals surface area (Å²) in [6.07, 6.45) is 2.60. The van der Waals surface area contributed by atoms with E-state index in [4.69, 9.17) is 9.84 Å². The molecule has 1 N–H and O–H groups in total. The summed E-state index contributed by atoms with van der Waals surface area (Å²) in [4.78, 5) is 29.9. The van der Waals surface area contributed by atoms with Gasteiger partial charge < -0.3 is 24.5 Å². The van der Waals surface area contributed by atoms with Crippen molar-refractivity contribution in [3.8, 4) is 11.1 Å². The van der Waals surface area contributed by atoms with E-state index in [1.165, 1.54) is 6.08 Å². The molecule has 0 heterocycles. The van der Waals surface area contributed by atoms with Gasteiger partial charge in [0.1, 0.15) is 6.61 Å². The van der Waals surface area contributed by atoms with Crippen LogP contribution in [-0.2, 0) is 20.9 Å². The van der Waals surface area contributed by atoms with E-state index in [2.05, 4.69) is 41.3 Å². The van der Waals surface area contributed by atoms with Crippen LogP contribution in [0.5, 0.6) is 0 Å². The maximum Gasteiger partial charge on any atom is 0.328 e. The molecule has 3 aromatic carbocycles. The summed E-state index contributed by atoms with van der Waals surface area (Å²) in [6, 6.07) is 23.8. The number of carbonyl (C=O) groups is 2. The van der Waals surface area contributed by atoms with Crippen molar-refractivity contribution in [3.05, 3.63) is 90.0 Å². The Labute approximate surface area is 219 Å². The zero-order valence-corrected chi connectivity index (χ0v) is 21.9. The molecule has 1 amide bonds. The second-order valence-electron chi connectivity index (χ2n) is 9.24. The van der Waals surface area contributed by atoms with Crippen LogP contribution >= 0.6 is 0 Å². The third kappa shape index (κ3) is 8.59. The number of carboxylic acids is 1. The van der Waals surface area contributed by atoms with Gasteiger partial charge in [0, 0.05) is 38.1 Å². The molecule has 0 spiro atoms. The number of amides is 1. The number of carbonyl (C=O) groups excluding carboxylic acids is 1. The van der Waals surface area contributed by atoms with Gasteiger partial charge in [0.05, 0.1) is 13.2 Å². The van der Waals surface area contributed by atoms with Crippen molar-refractivity contribution in [2.24, 2.45) is 0 Å². The fraction of sp³-hybridized carbons (Fsp3) is 0.267. The van der Waals surface area contributed by atoms with Gasteiger partial charge in [-0.3, -0.25) is 4.79 Å². The van der Waals surface area contributed by atoms with E-state index in [9.17, 15) is 9.59 Å². The lowest BCUT2D eigenvalue weighted by atomic mass is 10.0. The number of carboxylic acid groups (broad SMARTS) is 1. The molecule has 0 aliphatic rings. The van der Waals surface area contributed by atoms with Crippen LogP contribution in [0, 0.1) is 0 Å². The van der Waals surface area contributed by atoms with Gasteiger partial charge in [-0.25, -0.2) is 4.79 Å². The lowest BCUT2D eigenvalue weighted by molar-refractivity contribution is -0.131. The molecule has 0 radical (unpaired) electrons. The van der Waals surface area contributed by atoms with E-state index in [1.807, 2.05) is 57.4 Å². The molecule has 0 unspecified atom stereocenters. The van der Waals surface area contributed by atoms with Crippen molar-refractivity contribution >= 4 is 29.3 Å². The summed E-state index contributed by atoms with van der Waals surface area (Å²) in [5.41, 5.74) is 5.71. The molecular formula is C30H35N3O4. The number of ether oxygens (including phenoxy) is 1. The number of anilines is 2. The highest BCUT2D eigenvalue weighted by Crippen LogP contribution is 2.25. The smallest absolute Gasteiger partial charge is 0.328 e. The minimum atomic E-state index is -1.02. The molecule has 0 fully saturated rings. The Kier molecular flexibility index (Phi) is 10.0. The topological polar surface area (TPSA) is 73.3 Å². The van der Waals surface area contributed by atoms with E-state index in [-0.39, 0.29) is 12.5 Å². The molecule has 7 nitrogen and oxygen atoms in total. The van der Waals surface area contributed by atoms with Gasteiger partial charge in [0.2, 0.25) is 0 Å². The first kappa shape index (κ1) is 27.6. The van der Waals surface area contributed by atoms with Crippen molar-refractivity contribution in [1.29, 1.82) is 0 Å². The molecule has 0 bridgehead atoms. The minimum absolute atomic E-state index is 0.0423. The third-order valence-corrected chi connectivity index (χ3v) is 5.82. The highest BCUT2D eigenvalue weighted by atomic mass is 16.5. The number of likely N-dealkylation sites (N-methyl/N-ethyl adjacent to an activating group) is 1. The lowest BCUT2D eigenvalue weighted by Crippen LogP contribution is -2.34. The normalized spacial score (nSPS) is 11.2. The van der Waals surface area contributed by atoms with Crippen LogP contribution in [-0.4, -0.2) is 69.8 Å². The standard InChI is InChI=1S/C30H35N3O4/c1-31(2)18-19-37-22-29(34)33(28-7-5-6-23(20-28)10-17-30(35)36)21-24-8-11-25(12-9-24)26-13-15-27(16-14-26)32(3)4/h5-17,20H,18-19,21-22H2,1-4H3,(H,35,36)/b17-10+. The number of rotatable bonds is 12. The maximum absolute atomic E-state index is 13.2. The zero-order chi connectivity index (χ0) is 26.8.